The molecule has 1 aromatic rings. The largest absolute Gasteiger partial charge is 0.383 e. The van der Waals surface area contributed by atoms with Crippen molar-refractivity contribution in [2.45, 2.75) is 51.2 Å². The predicted octanol–water partition coefficient (Wildman–Crippen LogP) is 3.35. The van der Waals surface area contributed by atoms with E-state index in [0.29, 0.717) is 5.82 Å². The summed E-state index contributed by atoms with van der Waals surface area (Å²) in [7, 11) is 0. The lowest BCUT2D eigenvalue weighted by atomic mass is 10.0. The van der Waals surface area contributed by atoms with E-state index in [-0.39, 0.29) is 4.75 Å². The molecule has 0 saturated carbocycles. The number of hydrogen-bond acceptors (Lipinski definition) is 5. The Morgan fingerprint density at radius 2 is 1.95 bits per heavy atom. The van der Waals surface area contributed by atoms with Crippen LogP contribution in [0.1, 0.15) is 45.6 Å². The molecule has 3 N–H and O–H groups in total. The van der Waals surface area contributed by atoms with Gasteiger partial charge in [0.1, 0.15) is 18.0 Å². The summed E-state index contributed by atoms with van der Waals surface area (Å²) in [5.41, 5.74) is 7.00. The highest BCUT2D eigenvalue weighted by atomic mass is 32.2. The number of thioether (sulfide) groups is 1. The van der Waals surface area contributed by atoms with Gasteiger partial charge in [-0.3, -0.25) is 0 Å². The van der Waals surface area contributed by atoms with E-state index in [1.54, 1.807) is 0 Å². The molecule has 0 saturated heterocycles. The van der Waals surface area contributed by atoms with Crippen molar-refractivity contribution in [3.63, 3.8) is 0 Å². The summed E-state index contributed by atoms with van der Waals surface area (Å²) in [5.74, 6) is 1.50. The van der Waals surface area contributed by atoms with Crippen LogP contribution in [0, 0.1) is 0 Å². The summed E-state index contributed by atoms with van der Waals surface area (Å²) in [6, 6.07) is 0. The van der Waals surface area contributed by atoms with Crippen molar-refractivity contribution >= 4 is 23.4 Å². The van der Waals surface area contributed by atoms with Crippen molar-refractivity contribution in [1.29, 1.82) is 0 Å². The Balaban J connectivity index is 2.85. The van der Waals surface area contributed by atoms with Crippen LogP contribution in [0.2, 0.25) is 0 Å². The van der Waals surface area contributed by atoms with Crippen LogP contribution in [0.15, 0.2) is 6.33 Å². The minimum atomic E-state index is 0.267. The van der Waals surface area contributed by atoms with E-state index in [1.807, 2.05) is 11.8 Å². The molecule has 1 heterocycles. The van der Waals surface area contributed by atoms with Crippen LogP contribution in [0.3, 0.4) is 0 Å². The van der Waals surface area contributed by atoms with Gasteiger partial charge >= 0.3 is 0 Å². The fourth-order valence-corrected chi connectivity index (χ4v) is 2.97. The molecule has 108 valence electrons. The number of nitrogens with zero attached hydrogens (tertiary/aromatic N) is 2. The van der Waals surface area contributed by atoms with E-state index in [1.165, 1.54) is 6.33 Å². The number of anilines is 2. The van der Waals surface area contributed by atoms with Gasteiger partial charge in [-0.25, -0.2) is 9.97 Å². The van der Waals surface area contributed by atoms with Crippen molar-refractivity contribution < 1.29 is 0 Å². The highest BCUT2D eigenvalue weighted by molar-refractivity contribution is 8.00. The summed E-state index contributed by atoms with van der Waals surface area (Å²) in [6.07, 6.45) is 7.95. The van der Waals surface area contributed by atoms with Gasteiger partial charge in [-0.2, -0.15) is 11.8 Å². The molecule has 0 aliphatic rings. The molecular weight excluding hydrogens is 256 g/mol. The minimum Gasteiger partial charge on any atom is -0.383 e. The predicted molar refractivity (Wildman–Crippen MR) is 85.8 cm³/mol. The molecule has 0 fully saturated rings. The fraction of sp³-hybridized carbons (Fsp3) is 0.714. The number of aromatic nitrogens is 2. The minimum absolute atomic E-state index is 0.267. The third-order valence-corrected chi connectivity index (χ3v) is 5.37. The number of rotatable bonds is 8. The van der Waals surface area contributed by atoms with Gasteiger partial charge in [-0.05, 0) is 25.5 Å². The van der Waals surface area contributed by atoms with E-state index in [9.17, 15) is 0 Å². The van der Waals surface area contributed by atoms with Gasteiger partial charge in [0.2, 0.25) is 0 Å². The van der Waals surface area contributed by atoms with Crippen molar-refractivity contribution in [1.82, 2.24) is 9.97 Å². The van der Waals surface area contributed by atoms with Crippen LogP contribution in [-0.4, -0.2) is 27.5 Å². The number of nitrogens with one attached hydrogen (secondary N) is 1. The molecule has 5 heteroatoms. The Morgan fingerprint density at radius 1 is 1.26 bits per heavy atom. The molecule has 0 unspecified atom stereocenters. The molecular formula is C14H26N4S. The summed E-state index contributed by atoms with van der Waals surface area (Å²) < 4.78 is 0.267. The highest BCUT2D eigenvalue weighted by Crippen LogP contribution is 2.31. The van der Waals surface area contributed by atoms with Gasteiger partial charge in [0, 0.05) is 16.9 Å². The lowest BCUT2D eigenvalue weighted by Gasteiger charge is -2.30. The zero-order valence-electron chi connectivity index (χ0n) is 12.5. The van der Waals surface area contributed by atoms with Crippen molar-refractivity contribution in [3.8, 4) is 0 Å². The zero-order chi connectivity index (χ0) is 14.3. The third kappa shape index (κ3) is 4.00. The zero-order valence-corrected chi connectivity index (χ0v) is 13.3. The van der Waals surface area contributed by atoms with Crippen molar-refractivity contribution in [2.24, 2.45) is 0 Å². The van der Waals surface area contributed by atoms with Gasteiger partial charge in [0.05, 0.1) is 0 Å². The van der Waals surface area contributed by atoms with Crippen LogP contribution in [-0.2, 0) is 6.42 Å². The van der Waals surface area contributed by atoms with Crippen LogP contribution in [0.4, 0.5) is 11.6 Å². The Hall–Kier alpha value is -0.970. The van der Waals surface area contributed by atoms with E-state index >= 15 is 0 Å². The smallest absolute Gasteiger partial charge is 0.134 e. The second kappa shape index (κ2) is 7.58. The Kier molecular flexibility index (Phi) is 6.42. The maximum Gasteiger partial charge on any atom is 0.134 e. The first-order chi connectivity index (χ1) is 9.12. The first-order valence-corrected chi connectivity index (χ1v) is 8.23. The summed E-state index contributed by atoms with van der Waals surface area (Å²) in [6.45, 7) is 7.53. The van der Waals surface area contributed by atoms with Crippen LogP contribution < -0.4 is 11.1 Å². The topological polar surface area (TPSA) is 63.8 Å². The molecule has 0 radical (unpaired) electrons. The standard InChI is InChI=1S/C14H26N4S/c1-5-8-11-12(15)17-10-18-13(11)16-9-14(6-2,7-3)19-4/h10H,5-9H2,1-4H3,(H3,15,16,17,18). The quantitative estimate of drug-likeness (QED) is 0.765. The Morgan fingerprint density at radius 3 is 2.47 bits per heavy atom. The molecule has 0 aliphatic carbocycles. The third-order valence-electron chi connectivity index (χ3n) is 3.78. The lowest BCUT2D eigenvalue weighted by Crippen LogP contribution is -2.32. The molecule has 0 bridgehead atoms. The maximum absolute atomic E-state index is 5.95. The fourth-order valence-electron chi connectivity index (χ4n) is 2.18. The van der Waals surface area contributed by atoms with E-state index in [0.717, 1.165) is 43.6 Å². The van der Waals surface area contributed by atoms with Gasteiger partial charge < -0.3 is 11.1 Å². The molecule has 1 aromatic heterocycles. The molecule has 19 heavy (non-hydrogen) atoms. The maximum atomic E-state index is 5.95. The van der Waals surface area contributed by atoms with Gasteiger partial charge in [-0.15, -0.1) is 0 Å². The molecule has 0 aliphatic heterocycles. The molecule has 4 nitrogen and oxygen atoms in total. The summed E-state index contributed by atoms with van der Waals surface area (Å²) >= 11 is 1.92. The molecule has 1 rings (SSSR count). The van der Waals surface area contributed by atoms with Crippen LogP contribution in [0.25, 0.3) is 0 Å². The van der Waals surface area contributed by atoms with Crippen LogP contribution in [0.5, 0.6) is 0 Å². The number of hydrogen-bond donors (Lipinski definition) is 2. The Bertz CT molecular complexity index is 383. The Labute approximate surface area is 121 Å². The first-order valence-electron chi connectivity index (χ1n) is 7.00. The number of nitrogens with two attached hydrogens (primary N) is 1. The molecule has 0 atom stereocenters. The average Bonchev–Trinajstić information content (AvgIpc) is 2.44. The number of nitrogen functional groups attached to an aromatic ring is 1. The second-order valence-electron chi connectivity index (χ2n) is 4.78. The SMILES string of the molecule is CCCc1c(N)ncnc1NCC(CC)(CC)SC. The average molecular weight is 282 g/mol. The molecule has 0 aromatic carbocycles. The normalized spacial score (nSPS) is 11.6. The van der Waals surface area contributed by atoms with E-state index in [4.69, 9.17) is 5.73 Å². The van der Waals surface area contributed by atoms with Gasteiger partial charge in [-0.1, -0.05) is 27.2 Å². The summed E-state index contributed by atoms with van der Waals surface area (Å²) in [4.78, 5) is 8.44. The van der Waals surface area contributed by atoms with E-state index in [2.05, 4.69) is 42.3 Å². The first kappa shape index (κ1) is 16.1. The molecule has 0 spiro atoms. The van der Waals surface area contributed by atoms with E-state index < -0.39 is 0 Å². The van der Waals surface area contributed by atoms with Crippen molar-refractivity contribution in [2.75, 3.05) is 23.9 Å². The van der Waals surface area contributed by atoms with Crippen LogP contribution >= 0.6 is 11.8 Å². The summed E-state index contributed by atoms with van der Waals surface area (Å²) in [5, 5.41) is 3.48. The monoisotopic (exact) mass is 282 g/mol. The van der Waals surface area contributed by atoms with Crippen molar-refractivity contribution in [3.05, 3.63) is 11.9 Å². The second-order valence-corrected chi connectivity index (χ2v) is 6.06. The lowest BCUT2D eigenvalue weighted by molar-refractivity contribution is 0.573. The van der Waals surface area contributed by atoms with Gasteiger partial charge in [0.15, 0.2) is 0 Å². The van der Waals surface area contributed by atoms with Gasteiger partial charge in [0.25, 0.3) is 0 Å². The highest BCUT2D eigenvalue weighted by Gasteiger charge is 2.25. The molecule has 0 amide bonds.